The summed E-state index contributed by atoms with van der Waals surface area (Å²) >= 11 is 0. The Morgan fingerprint density at radius 1 is 0.739 bits per heavy atom. The van der Waals surface area contributed by atoms with Crippen molar-refractivity contribution in [2.75, 3.05) is 18.5 Å². The van der Waals surface area contributed by atoms with Gasteiger partial charge < -0.3 is 0 Å². The molecule has 1 rings (SSSR count). The molecule has 0 saturated heterocycles. The summed E-state index contributed by atoms with van der Waals surface area (Å²) in [6.45, 7) is 6.99. The van der Waals surface area contributed by atoms with Crippen LogP contribution in [0.1, 0.15) is 84.3 Å². The van der Waals surface area contributed by atoms with Crippen LogP contribution in [0.25, 0.3) is 0 Å². The predicted molar refractivity (Wildman–Crippen MR) is 109 cm³/mol. The Kier molecular flexibility index (Phi) is 11.6. The Labute approximate surface area is 146 Å². The Hall–Kier alpha value is -0.420. The van der Waals surface area contributed by atoms with Gasteiger partial charge in [0, 0.05) is 0 Å². The van der Waals surface area contributed by atoms with E-state index in [9.17, 15) is 0 Å². The van der Waals surface area contributed by atoms with E-state index in [0.717, 1.165) is 0 Å². The van der Waals surface area contributed by atoms with Gasteiger partial charge in [-0.1, -0.05) is 0 Å². The maximum absolute atomic E-state index is 4.68. The summed E-state index contributed by atoms with van der Waals surface area (Å²) in [5.74, 6) is 0. The number of rotatable bonds is 14. The molecule has 0 aliphatic carbocycles. The fourth-order valence-electron chi connectivity index (χ4n) is 3.78. The average Bonchev–Trinajstić information content (AvgIpc) is 2.56. The van der Waals surface area contributed by atoms with Crippen LogP contribution in [0.5, 0.6) is 0 Å². The summed E-state index contributed by atoms with van der Waals surface area (Å²) < 4.78 is 0. The standard InChI is InChI=1S/C21H40NP/c1-4-7-12-17-23(18-13-8-5-2,19-14-9-6-3)20-21-15-10-11-16-22-21/h10-11,15-16,23H,4-9,12-14,17-20H2,1-3H3. The van der Waals surface area contributed by atoms with Gasteiger partial charge in [0.15, 0.2) is 0 Å². The molecule has 0 atom stereocenters. The summed E-state index contributed by atoms with van der Waals surface area (Å²) in [4.78, 5) is 4.68. The quantitative estimate of drug-likeness (QED) is 0.266. The van der Waals surface area contributed by atoms with E-state index in [4.69, 9.17) is 0 Å². The molecule has 1 aromatic heterocycles. The Morgan fingerprint density at radius 3 is 1.65 bits per heavy atom. The number of nitrogens with zero attached hydrogens (tertiary/aromatic N) is 1. The van der Waals surface area contributed by atoms with Crippen molar-refractivity contribution >= 4 is 7.26 Å². The van der Waals surface area contributed by atoms with E-state index in [1.165, 1.54) is 88.1 Å². The molecule has 2 heteroatoms. The van der Waals surface area contributed by atoms with Gasteiger partial charge in [0.05, 0.1) is 0 Å². The maximum atomic E-state index is 4.68. The van der Waals surface area contributed by atoms with Crippen molar-refractivity contribution in [2.24, 2.45) is 0 Å². The molecule has 134 valence electrons. The summed E-state index contributed by atoms with van der Waals surface area (Å²) in [5, 5.41) is 0. The average molecular weight is 338 g/mol. The van der Waals surface area contributed by atoms with Gasteiger partial charge in [0.1, 0.15) is 0 Å². The van der Waals surface area contributed by atoms with Crippen LogP contribution in [0.15, 0.2) is 24.4 Å². The molecular weight excluding hydrogens is 297 g/mol. The van der Waals surface area contributed by atoms with Gasteiger partial charge in [-0.15, -0.1) is 0 Å². The predicted octanol–water partition coefficient (Wildman–Crippen LogP) is 6.90. The number of unbranched alkanes of at least 4 members (excludes halogenated alkanes) is 6. The molecule has 0 spiro atoms. The Bertz CT molecular complexity index is 350. The molecular formula is C21H40NP. The fourth-order valence-corrected chi connectivity index (χ4v) is 9.03. The summed E-state index contributed by atoms with van der Waals surface area (Å²) in [7, 11) is -1.21. The third-order valence-corrected chi connectivity index (χ3v) is 10.6. The van der Waals surface area contributed by atoms with Gasteiger partial charge in [-0.05, 0) is 0 Å². The van der Waals surface area contributed by atoms with Gasteiger partial charge in [-0.3, -0.25) is 0 Å². The van der Waals surface area contributed by atoms with Crippen molar-refractivity contribution in [3.8, 4) is 0 Å². The number of hydrogen-bond donors (Lipinski definition) is 0. The molecule has 1 heterocycles. The van der Waals surface area contributed by atoms with Gasteiger partial charge >= 0.3 is 146 Å². The molecule has 23 heavy (non-hydrogen) atoms. The van der Waals surface area contributed by atoms with Crippen LogP contribution in [0.3, 0.4) is 0 Å². The van der Waals surface area contributed by atoms with E-state index in [1.54, 1.807) is 0 Å². The first-order chi connectivity index (χ1) is 11.3. The first-order valence-electron chi connectivity index (χ1n) is 10.2. The van der Waals surface area contributed by atoms with E-state index < -0.39 is 7.26 Å². The zero-order valence-corrected chi connectivity index (χ0v) is 16.9. The molecule has 0 fully saturated rings. The van der Waals surface area contributed by atoms with Gasteiger partial charge in [-0.2, -0.15) is 0 Å². The molecule has 0 aliphatic heterocycles. The SMILES string of the molecule is CCCCC[PH](CCCCC)(CCCCC)Cc1ccccn1. The number of aromatic nitrogens is 1. The molecule has 1 nitrogen and oxygen atoms in total. The summed E-state index contributed by atoms with van der Waals surface area (Å²) in [5.41, 5.74) is 1.36. The van der Waals surface area contributed by atoms with E-state index in [1.807, 2.05) is 6.20 Å². The van der Waals surface area contributed by atoms with Gasteiger partial charge in [0.2, 0.25) is 0 Å². The summed E-state index contributed by atoms with van der Waals surface area (Å²) in [6, 6.07) is 6.49. The molecule has 0 radical (unpaired) electrons. The second kappa shape index (κ2) is 12.9. The Morgan fingerprint density at radius 2 is 1.26 bits per heavy atom. The van der Waals surface area contributed by atoms with E-state index in [0.29, 0.717) is 0 Å². The third kappa shape index (κ3) is 8.85. The molecule has 0 aliphatic rings. The van der Waals surface area contributed by atoms with Crippen molar-refractivity contribution in [1.29, 1.82) is 0 Å². The van der Waals surface area contributed by atoms with Crippen LogP contribution in [-0.4, -0.2) is 23.5 Å². The first-order valence-corrected chi connectivity index (χ1v) is 13.0. The van der Waals surface area contributed by atoms with Crippen molar-refractivity contribution in [1.82, 2.24) is 4.98 Å². The third-order valence-electron chi connectivity index (χ3n) is 5.21. The molecule has 0 N–H and O–H groups in total. The van der Waals surface area contributed by atoms with E-state index in [-0.39, 0.29) is 0 Å². The topological polar surface area (TPSA) is 12.9 Å². The van der Waals surface area contributed by atoms with E-state index >= 15 is 0 Å². The van der Waals surface area contributed by atoms with Gasteiger partial charge in [-0.25, -0.2) is 0 Å². The second-order valence-electron chi connectivity index (χ2n) is 7.37. The molecule has 0 aromatic carbocycles. The molecule has 0 unspecified atom stereocenters. The number of hydrogen-bond acceptors (Lipinski definition) is 1. The first kappa shape index (κ1) is 20.6. The molecule has 0 bridgehead atoms. The molecule has 1 aromatic rings. The van der Waals surface area contributed by atoms with Crippen LogP contribution in [0, 0.1) is 0 Å². The van der Waals surface area contributed by atoms with Gasteiger partial charge in [0.25, 0.3) is 0 Å². The van der Waals surface area contributed by atoms with Crippen molar-refractivity contribution < 1.29 is 0 Å². The molecule has 0 amide bonds. The van der Waals surface area contributed by atoms with E-state index in [2.05, 4.69) is 44.0 Å². The van der Waals surface area contributed by atoms with Crippen LogP contribution < -0.4 is 0 Å². The normalized spacial score (nSPS) is 12.5. The zero-order valence-electron chi connectivity index (χ0n) is 15.9. The minimum atomic E-state index is -1.21. The van der Waals surface area contributed by atoms with Crippen LogP contribution in [-0.2, 0) is 6.16 Å². The zero-order chi connectivity index (χ0) is 16.8. The minimum absolute atomic E-state index is 1.21. The summed E-state index contributed by atoms with van der Waals surface area (Å²) in [6.07, 6.45) is 20.5. The van der Waals surface area contributed by atoms with Crippen LogP contribution in [0.2, 0.25) is 0 Å². The monoisotopic (exact) mass is 337 g/mol. The van der Waals surface area contributed by atoms with Crippen molar-refractivity contribution in [3.05, 3.63) is 30.1 Å². The Balaban J connectivity index is 2.79. The van der Waals surface area contributed by atoms with Crippen LogP contribution >= 0.6 is 7.26 Å². The number of pyridine rings is 1. The van der Waals surface area contributed by atoms with Crippen molar-refractivity contribution in [2.45, 2.75) is 84.7 Å². The fraction of sp³-hybridized carbons (Fsp3) is 0.762. The molecule has 0 saturated carbocycles. The second-order valence-corrected chi connectivity index (χ2v) is 12.2. The van der Waals surface area contributed by atoms with Crippen molar-refractivity contribution in [3.63, 3.8) is 0 Å². The van der Waals surface area contributed by atoms with Crippen LogP contribution in [0.4, 0.5) is 0 Å².